The Balaban J connectivity index is 2.13. The third-order valence-electron chi connectivity index (χ3n) is 7.09. The Hall–Kier alpha value is -3.67. The summed E-state index contributed by atoms with van der Waals surface area (Å²) < 4.78 is 29.5. The van der Waals surface area contributed by atoms with Gasteiger partial charge in [-0.15, -0.1) is 0 Å². The molecule has 1 N–H and O–H groups in total. The van der Waals surface area contributed by atoms with Gasteiger partial charge in [0.15, 0.2) is 0 Å². The lowest BCUT2D eigenvalue weighted by Gasteiger charge is -2.39. The minimum absolute atomic E-state index is 0.138. The van der Waals surface area contributed by atoms with Gasteiger partial charge >= 0.3 is 0 Å². The molecule has 0 aliphatic carbocycles. The smallest absolute Gasteiger partial charge is 0.217 e. The molecule has 4 aromatic rings. The molecular formula is C32H39BrN4O6. The maximum atomic E-state index is 13.2. The van der Waals surface area contributed by atoms with E-state index in [9.17, 15) is 5.11 Å². The maximum Gasteiger partial charge on any atom is 0.217 e. The number of ether oxygens (including phenoxy) is 5. The zero-order chi connectivity index (χ0) is 31.3. The van der Waals surface area contributed by atoms with Crippen LogP contribution in [0.15, 0.2) is 53.0 Å². The van der Waals surface area contributed by atoms with Crippen LogP contribution in [0.2, 0.25) is 0 Å². The van der Waals surface area contributed by atoms with Crippen LogP contribution >= 0.6 is 15.9 Å². The Morgan fingerprint density at radius 2 is 1.42 bits per heavy atom. The highest BCUT2D eigenvalue weighted by atomic mass is 79.9. The average Bonchev–Trinajstić information content (AvgIpc) is 2.98. The number of methoxy groups -OCH3 is 4. The van der Waals surface area contributed by atoms with Gasteiger partial charge in [0.05, 0.1) is 40.1 Å². The molecule has 0 fully saturated rings. The molecule has 0 saturated carbocycles. The van der Waals surface area contributed by atoms with Gasteiger partial charge in [-0.3, -0.25) is 0 Å². The fourth-order valence-electron chi connectivity index (χ4n) is 5.09. The van der Waals surface area contributed by atoms with Crippen LogP contribution in [0, 0.1) is 0 Å². The van der Waals surface area contributed by atoms with E-state index >= 15 is 0 Å². The molecule has 3 aromatic heterocycles. The molecule has 4 rings (SSSR count). The van der Waals surface area contributed by atoms with Crippen molar-refractivity contribution in [2.45, 2.75) is 37.9 Å². The topological polar surface area (TPSA) is 108 Å². The van der Waals surface area contributed by atoms with Gasteiger partial charge in [0.2, 0.25) is 29.4 Å². The third kappa shape index (κ3) is 7.29. The van der Waals surface area contributed by atoms with E-state index in [1.807, 2.05) is 63.2 Å². The van der Waals surface area contributed by atoms with Gasteiger partial charge in [-0.05, 0) is 69.8 Å². The predicted molar refractivity (Wildman–Crippen MR) is 169 cm³/mol. The molecule has 0 saturated heterocycles. The zero-order valence-corrected chi connectivity index (χ0v) is 27.4. The normalized spacial score (nSPS) is 13.6. The quantitative estimate of drug-likeness (QED) is 0.196. The van der Waals surface area contributed by atoms with E-state index < -0.39 is 11.5 Å². The predicted octanol–water partition coefficient (Wildman–Crippen LogP) is 5.58. The lowest BCUT2D eigenvalue weighted by molar-refractivity contribution is 0.00318. The largest absolute Gasteiger partial charge is 0.481 e. The second-order valence-corrected chi connectivity index (χ2v) is 11.6. The first-order valence-corrected chi connectivity index (χ1v) is 14.6. The summed E-state index contributed by atoms with van der Waals surface area (Å²) in [6.45, 7) is 4.40. The van der Waals surface area contributed by atoms with E-state index in [2.05, 4.69) is 25.9 Å². The first-order valence-electron chi connectivity index (χ1n) is 13.9. The van der Waals surface area contributed by atoms with E-state index in [4.69, 9.17) is 28.7 Å². The molecule has 0 aliphatic heterocycles. The summed E-state index contributed by atoms with van der Waals surface area (Å²) in [7, 11) is 10.1. The highest BCUT2D eigenvalue weighted by Crippen LogP contribution is 2.49. The first kappa shape index (κ1) is 32.2. The van der Waals surface area contributed by atoms with Gasteiger partial charge in [0.25, 0.3) is 0 Å². The standard InChI is InChI=1S/C32H39BrN4O6/c1-19(2)43-29-16-21(15-26(36-29)39-5)30(24-14-20-13-23(33)9-10-25(20)34-31(24)42-8)32(38,11-12-37(3)4)22-17-27(40-6)35-28(18-22)41-7/h9-10,13-19,30,38H,11-12H2,1-8H3/t30-,32-/m1/s1. The number of rotatable bonds is 13. The van der Waals surface area contributed by atoms with Crippen LogP contribution in [0.1, 0.15) is 42.9 Å². The zero-order valence-electron chi connectivity index (χ0n) is 25.8. The van der Waals surface area contributed by atoms with Crippen molar-refractivity contribution in [3.8, 4) is 29.4 Å². The first-order chi connectivity index (χ1) is 20.5. The number of hydrogen-bond donors (Lipinski definition) is 1. The van der Waals surface area contributed by atoms with Crippen LogP contribution in [0.5, 0.6) is 29.4 Å². The average molecular weight is 656 g/mol. The van der Waals surface area contributed by atoms with Gasteiger partial charge in [-0.2, -0.15) is 9.97 Å². The molecule has 0 radical (unpaired) electrons. The van der Waals surface area contributed by atoms with Crippen molar-refractivity contribution >= 4 is 26.8 Å². The van der Waals surface area contributed by atoms with Crippen molar-refractivity contribution in [3.05, 3.63) is 69.7 Å². The summed E-state index contributed by atoms with van der Waals surface area (Å²) in [4.78, 5) is 15.8. The summed E-state index contributed by atoms with van der Waals surface area (Å²) in [5.41, 5.74) is 1.08. The van der Waals surface area contributed by atoms with Crippen LogP contribution in [0.3, 0.4) is 0 Å². The second-order valence-electron chi connectivity index (χ2n) is 10.7. The molecule has 2 atom stereocenters. The van der Waals surface area contributed by atoms with Gasteiger partial charge in [0, 0.05) is 52.2 Å². The third-order valence-corrected chi connectivity index (χ3v) is 7.58. The maximum absolute atomic E-state index is 13.2. The van der Waals surface area contributed by atoms with Crippen molar-refractivity contribution in [1.82, 2.24) is 19.9 Å². The van der Waals surface area contributed by atoms with Crippen LogP contribution in [0.4, 0.5) is 0 Å². The summed E-state index contributed by atoms with van der Waals surface area (Å²) in [6, 6.07) is 14.9. The highest BCUT2D eigenvalue weighted by Gasteiger charge is 2.44. The number of halogens is 1. The van der Waals surface area contributed by atoms with Gasteiger partial charge < -0.3 is 33.7 Å². The molecule has 0 bridgehead atoms. The number of fused-ring (bicyclic) bond motifs is 1. The minimum atomic E-state index is -1.57. The Kier molecular flexibility index (Phi) is 10.3. The van der Waals surface area contributed by atoms with E-state index in [1.165, 1.54) is 14.2 Å². The Morgan fingerprint density at radius 3 is 2.00 bits per heavy atom. The Labute approximate surface area is 261 Å². The summed E-state index contributed by atoms with van der Waals surface area (Å²) in [5, 5.41) is 14.0. The summed E-state index contributed by atoms with van der Waals surface area (Å²) in [5.74, 6) is 0.943. The van der Waals surface area contributed by atoms with Crippen LogP contribution < -0.4 is 23.7 Å². The van der Waals surface area contributed by atoms with Crippen molar-refractivity contribution < 1.29 is 28.8 Å². The van der Waals surface area contributed by atoms with Crippen LogP contribution in [-0.2, 0) is 5.60 Å². The molecule has 10 nitrogen and oxygen atoms in total. The fourth-order valence-corrected chi connectivity index (χ4v) is 5.47. The molecule has 0 spiro atoms. The van der Waals surface area contributed by atoms with Crippen molar-refractivity contribution in [2.75, 3.05) is 49.1 Å². The van der Waals surface area contributed by atoms with Crippen molar-refractivity contribution in [1.29, 1.82) is 0 Å². The second kappa shape index (κ2) is 13.7. The van der Waals surface area contributed by atoms with E-state index in [0.717, 1.165) is 15.4 Å². The Morgan fingerprint density at radius 1 is 0.814 bits per heavy atom. The number of nitrogens with zero attached hydrogens (tertiary/aromatic N) is 4. The fraction of sp³-hybridized carbons (Fsp3) is 0.406. The molecule has 0 unspecified atom stereocenters. The number of hydrogen-bond acceptors (Lipinski definition) is 10. The van der Waals surface area contributed by atoms with Gasteiger partial charge in [-0.1, -0.05) is 15.9 Å². The lowest BCUT2D eigenvalue weighted by Crippen LogP contribution is -2.38. The van der Waals surface area contributed by atoms with Crippen molar-refractivity contribution in [2.24, 2.45) is 0 Å². The molecule has 230 valence electrons. The highest BCUT2D eigenvalue weighted by molar-refractivity contribution is 9.10. The summed E-state index contributed by atoms with van der Waals surface area (Å²) in [6.07, 6.45) is 0.174. The Bertz CT molecular complexity index is 1540. The van der Waals surface area contributed by atoms with E-state index in [0.29, 0.717) is 59.1 Å². The number of aromatic nitrogens is 3. The lowest BCUT2D eigenvalue weighted by atomic mass is 9.72. The van der Waals surface area contributed by atoms with Crippen molar-refractivity contribution in [3.63, 3.8) is 0 Å². The number of benzene rings is 1. The van der Waals surface area contributed by atoms with E-state index in [1.54, 1.807) is 32.4 Å². The number of pyridine rings is 3. The minimum Gasteiger partial charge on any atom is -0.481 e. The van der Waals surface area contributed by atoms with Gasteiger partial charge in [0.1, 0.15) is 5.60 Å². The molecule has 11 heteroatoms. The summed E-state index contributed by atoms with van der Waals surface area (Å²) >= 11 is 3.58. The monoisotopic (exact) mass is 654 g/mol. The SMILES string of the molecule is COc1cc([C@](O)(CCN(C)C)[C@H](c2cc(OC)nc(OC(C)C)c2)c2cc3cc(Br)ccc3nc2OC)cc(OC)n1. The molecule has 3 heterocycles. The number of aliphatic hydroxyl groups is 1. The molecule has 43 heavy (non-hydrogen) atoms. The van der Waals surface area contributed by atoms with E-state index in [-0.39, 0.29) is 6.10 Å². The van der Waals surface area contributed by atoms with Gasteiger partial charge in [-0.25, -0.2) is 4.98 Å². The molecule has 1 aromatic carbocycles. The molecular weight excluding hydrogens is 616 g/mol. The molecule has 0 amide bonds. The van der Waals surface area contributed by atoms with Crippen LogP contribution in [0.25, 0.3) is 10.9 Å². The van der Waals surface area contributed by atoms with Crippen LogP contribution in [-0.4, -0.2) is 80.1 Å². The molecule has 0 aliphatic rings.